The molecular weight excluding hydrogens is 386 g/mol. The van der Waals surface area contributed by atoms with Crippen molar-refractivity contribution in [2.45, 2.75) is 51.6 Å². The molecule has 1 saturated heterocycles. The highest BCUT2D eigenvalue weighted by molar-refractivity contribution is 5.90. The fraction of sp³-hybridized carbons (Fsp3) is 0.500. The van der Waals surface area contributed by atoms with Crippen LogP contribution in [0.4, 0.5) is 0 Å². The Morgan fingerprint density at radius 2 is 1.94 bits per heavy atom. The van der Waals surface area contributed by atoms with Crippen molar-refractivity contribution in [3.8, 4) is 11.5 Å². The molecule has 1 N–H and O–H groups in total. The van der Waals surface area contributed by atoms with Gasteiger partial charge in [-0.2, -0.15) is 5.10 Å². The molecular formula is C26H35N3O2. The van der Waals surface area contributed by atoms with Crippen molar-refractivity contribution in [2.24, 2.45) is 11.0 Å². The molecule has 0 spiro atoms. The lowest BCUT2D eigenvalue weighted by atomic mass is 9.86. The Kier molecular flexibility index (Phi) is 7.47. The average molecular weight is 422 g/mol. The summed E-state index contributed by atoms with van der Waals surface area (Å²) in [4.78, 5) is 2.55. The minimum absolute atomic E-state index is 0.182. The number of methoxy groups -OCH3 is 1. The number of hydrogen-bond acceptors (Lipinski definition) is 5. The summed E-state index contributed by atoms with van der Waals surface area (Å²) in [7, 11) is 1.72. The number of hydrogen-bond donors (Lipinski definition) is 1. The highest BCUT2D eigenvalue weighted by Gasteiger charge is 2.37. The third-order valence-corrected chi connectivity index (χ3v) is 6.37. The topological polar surface area (TPSA) is 46.1 Å². The second kappa shape index (κ2) is 10.7. The van der Waals surface area contributed by atoms with Crippen molar-refractivity contribution in [3.05, 3.63) is 59.7 Å². The van der Waals surface area contributed by atoms with E-state index in [1.165, 1.54) is 36.1 Å². The van der Waals surface area contributed by atoms with E-state index in [-0.39, 0.29) is 6.04 Å². The predicted octanol–water partition coefficient (Wildman–Crippen LogP) is 5.18. The number of ether oxygens (including phenoxy) is 2. The van der Waals surface area contributed by atoms with Crippen LogP contribution in [0, 0.1) is 5.92 Å². The van der Waals surface area contributed by atoms with E-state index in [1.54, 1.807) is 7.11 Å². The summed E-state index contributed by atoms with van der Waals surface area (Å²) in [5.74, 6) is 2.03. The van der Waals surface area contributed by atoms with Crippen molar-refractivity contribution in [1.82, 2.24) is 10.3 Å². The minimum atomic E-state index is 0.182. The number of hydrazone groups is 1. The van der Waals surface area contributed by atoms with Crippen molar-refractivity contribution < 1.29 is 9.47 Å². The van der Waals surface area contributed by atoms with Crippen LogP contribution >= 0.6 is 0 Å². The molecule has 31 heavy (non-hydrogen) atoms. The maximum atomic E-state index is 6.00. The summed E-state index contributed by atoms with van der Waals surface area (Å²) < 4.78 is 11.7. The highest BCUT2D eigenvalue weighted by atomic mass is 16.5. The number of unbranched alkanes of at least 4 members (excludes halogenated alkanes) is 3. The van der Waals surface area contributed by atoms with Gasteiger partial charge in [-0.15, -0.1) is 0 Å². The van der Waals surface area contributed by atoms with Crippen LogP contribution < -0.4 is 14.9 Å². The van der Waals surface area contributed by atoms with E-state index in [4.69, 9.17) is 9.47 Å². The first kappa shape index (κ1) is 21.7. The summed E-state index contributed by atoms with van der Waals surface area (Å²) in [6.07, 6.45) is 5.82. The van der Waals surface area contributed by atoms with Crippen LogP contribution in [0.25, 0.3) is 0 Å². The molecule has 0 aromatic heterocycles. The number of nitrogens with zero attached hydrogens (tertiary/aromatic N) is 2. The first-order valence-corrected chi connectivity index (χ1v) is 11.7. The SMILES string of the molecule is CCCCCCOc1ccc(C2NN=C3CCN(Cc4ccccc4)CC32)cc1OC. The van der Waals surface area contributed by atoms with Crippen molar-refractivity contribution in [3.63, 3.8) is 0 Å². The van der Waals surface area contributed by atoms with E-state index in [0.29, 0.717) is 5.92 Å². The molecule has 2 aliphatic heterocycles. The summed E-state index contributed by atoms with van der Waals surface area (Å²) in [5, 5.41) is 4.68. The molecule has 2 aromatic carbocycles. The van der Waals surface area contributed by atoms with Crippen LogP contribution in [0.15, 0.2) is 53.6 Å². The lowest BCUT2D eigenvalue weighted by molar-refractivity contribution is 0.220. The van der Waals surface area contributed by atoms with Crippen LogP contribution in [0.2, 0.25) is 0 Å². The summed E-state index contributed by atoms with van der Waals surface area (Å²) in [5.41, 5.74) is 7.27. The van der Waals surface area contributed by atoms with Crippen LogP contribution in [0.5, 0.6) is 11.5 Å². The average Bonchev–Trinajstić information content (AvgIpc) is 3.23. The zero-order valence-corrected chi connectivity index (χ0v) is 18.8. The van der Waals surface area contributed by atoms with Gasteiger partial charge in [0.05, 0.1) is 19.8 Å². The first-order valence-electron chi connectivity index (χ1n) is 11.7. The second-order valence-corrected chi connectivity index (χ2v) is 8.61. The van der Waals surface area contributed by atoms with Crippen LogP contribution in [0.1, 0.15) is 56.2 Å². The van der Waals surface area contributed by atoms with Crippen molar-refractivity contribution >= 4 is 5.71 Å². The first-order chi connectivity index (χ1) is 15.3. The van der Waals surface area contributed by atoms with Gasteiger partial charge in [0.15, 0.2) is 11.5 Å². The van der Waals surface area contributed by atoms with Gasteiger partial charge in [0.1, 0.15) is 0 Å². The lowest BCUT2D eigenvalue weighted by Crippen LogP contribution is -2.41. The molecule has 2 aromatic rings. The Hall–Kier alpha value is -2.53. The number of nitrogens with one attached hydrogen (secondary N) is 1. The summed E-state index contributed by atoms with van der Waals surface area (Å²) in [6, 6.07) is 17.2. The van der Waals surface area contributed by atoms with Gasteiger partial charge in [-0.1, -0.05) is 62.6 Å². The Balaban J connectivity index is 1.40. The zero-order valence-electron chi connectivity index (χ0n) is 18.8. The second-order valence-electron chi connectivity index (χ2n) is 8.61. The normalized spacial score (nSPS) is 20.6. The van der Waals surface area contributed by atoms with Crippen molar-refractivity contribution in [2.75, 3.05) is 26.8 Å². The molecule has 2 unspecified atom stereocenters. The summed E-state index contributed by atoms with van der Waals surface area (Å²) in [6.45, 7) is 6.03. The molecule has 2 atom stereocenters. The smallest absolute Gasteiger partial charge is 0.161 e. The largest absolute Gasteiger partial charge is 0.493 e. The zero-order chi connectivity index (χ0) is 21.5. The van der Waals surface area contributed by atoms with E-state index in [1.807, 2.05) is 0 Å². The highest BCUT2D eigenvalue weighted by Crippen LogP contribution is 2.37. The fourth-order valence-electron chi connectivity index (χ4n) is 4.61. The Bertz CT molecular complexity index is 868. The van der Waals surface area contributed by atoms with E-state index < -0.39 is 0 Å². The molecule has 1 fully saturated rings. The quantitative estimate of drug-likeness (QED) is 0.537. The van der Waals surface area contributed by atoms with Crippen LogP contribution in [-0.4, -0.2) is 37.4 Å². The van der Waals surface area contributed by atoms with Gasteiger partial charge >= 0.3 is 0 Å². The predicted molar refractivity (Wildman–Crippen MR) is 126 cm³/mol. The Morgan fingerprint density at radius 3 is 2.74 bits per heavy atom. The van der Waals surface area contributed by atoms with E-state index in [9.17, 15) is 0 Å². The molecule has 0 amide bonds. The number of rotatable bonds is 10. The molecule has 2 heterocycles. The van der Waals surface area contributed by atoms with Crippen LogP contribution in [-0.2, 0) is 6.54 Å². The van der Waals surface area contributed by atoms with Gasteiger partial charge in [-0.25, -0.2) is 0 Å². The Labute approximate surface area is 186 Å². The molecule has 4 rings (SSSR count). The van der Waals surface area contributed by atoms with Gasteiger partial charge in [0.2, 0.25) is 0 Å². The van der Waals surface area contributed by atoms with Crippen LogP contribution in [0.3, 0.4) is 0 Å². The third kappa shape index (κ3) is 5.40. The molecule has 2 aliphatic rings. The van der Waals surface area contributed by atoms with Gasteiger partial charge in [-0.3, -0.25) is 4.90 Å². The molecule has 0 saturated carbocycles. The standard InChI is InChI=1S/C26H35N3O2/c1-3-4-5-9-16-31-24-13-12-21(17-25(24)30-2)26-22-19-29(15-14-23(22)27-28-26)18-20-10-7-6-8-11-20/h6-8,10-13,17,22,26,28H,3-5,9,14-16,18-19H2,1-2H3. The van der Waals surface area contributed by atoms with Gasteiger partial charge in [0, 0.05) is 37.7 Å². The van der Waals surface area contributed by atoms with Crippen molar-refractivity contribution in [1.29, 1.82) is 0 Å². The number of piperidine rings is 1. The summed E-state index contributed by atoms with van der Waals surface area (Å²) >= 11 is 0. The van der Waals surface area contributed by atoms with E-state index in [0.717, 1.165) is 50.6 Å². The third-order valence-electron chi connectivity index (χ3n) is 6.37. The fourth-order valence-corrected chi connectivity index (χ4v) is 4.61. The minimum Gasteiger partial charge on any atom is -0.493 e. The molecule has 166 valence electrons. The maximum Gasteiger partial charge on any atom is 0.161 e. The van der Waals surface area contributed by atoms with Gasteiger partial charge in [0.25, 0.3) is 0 Å². The Morgan fingerprint density at radius 1 is 1.06 bits per heavy atom. The lowest BCUT2D eigenvalue weighted by Gasteiger charge is -2.33. The van der Waals surface area contributed by atoms with E-state index >= 15 is 0 Å². The monoisotopic (exact) mass is 421 g/mol. The molecule has 0 aliphatic carbocycles. The molecule has 0 bridgehead atoms. The molecule has 0 radical (unpaired) electrons. The maximum absolute atomic E-state index is 6.00. The van der Waals surface area contributed by atoms with E-state index in [2.05, 4.69) is 70.9 Å². The molecule has 5 heteroatoms. The number of fused-ring (bicyclic) bond motifs is 1. The van der Waals surface area contributed by atoms with Gasteiger partial charge in [-0.05, 0) is 29.7 Å². The number of likely N-dealkylation sites (tertiary alicyclic amines) is 1. The number of benzene rings is 2. The van der Waals surface area contributed by atoms with Gasteiger partial charge < -0.3 is 14.9 Å². The molecule has 5 nitrogen and oxygen atoms in total.